The van der Waals surface area contributed by atoms with E-state index in [2.05, 4.69) is 27.8 Å². The number of anilines is 1. The normalized spacial score (nSPS) is 14.0. The lowest BCUT2D eigenvalue weighted by Gasteiger charge is -2.26. The zero-order valence-electron chi connectivity index (χ0n) is 21.2. The Bertz CT molecular complexity index is 1650. The second kappa shape index (κ2) is 11.8. The molecule has 0 saturated carbocycles. The summed E-state index contributed by atoms with van der Waals surface area (Å²) >= 11 is 3.29. The molecular formula is C27H19BrN4O9. The molecule has 13 nitrogen and oxygen atoms in total. The molecule has 1 saturated heterocycles. The predicted octanol–water partition coefficient (Wildman–Crippen LogP) is 5.46. The maximum atomic E-state index is 13.3. The third-order valence-electron chi connectivity index (χ3n) is 5.80. The second-order valence-corrected chi connectivity index (χ2v) is 9.32. The van der Waals surface area contributed by atoms with Crippen molar-refractivity contribution in [1.82, 2.24) is 5.32 Å². The molecule has 208 valence electrons. The Morgan fingerprint density at radius 1 is 1.00 bits per heavy atom. The van der Waals surface area contributed by atoms with Crippen LogP contribution in [0.3, 0.4) is 0 Å². The third-order valence-corrected chi connectivity index (χ3v) is 6.33. The Balaban J connectivity index is 1.78. The van der Waals surface area contributed by atoms with Crippen LogP contribution in [0.15, 0.2) is 77.3 Å². The Morgan fingerprint density at radius 2 is 1.71 bits per heavy atom. The van der Waals surface area contributed by atoms with Gasteiger partial charge in [0.15, 0.2) is 11.5 Å². The van der Waals surface area contributed by atoms with Crippen molar-refractivity contribution in [3.63, 3.8) is 0 Å². The smallest absolute Gasteiger partial charge is 0.335 e. The van der Waals surface area contributed by atoms with Gasteiger partial charge in [0.25, 0.3) is 17.5 Å². The van der Waals surface area contributed by atoms with Crippen molar-refractivity contribution < 1.29 is 33.7 Å². The third kappa shape index (κ3) is 5.96. The van der Waals surface area contributed by atoms with Crippen LogP contribution >= 0.6 is 15.9 Å². The van der Waals surface area contributed by atoms with Gasteiger partial charge in [-0.2, -0.15) is 0 Å². The van der Waals surface area contributed by atoms with E-state index in [1.54, 1.807) is 18.2 Å². The van der Waals surface area contributed by atoms with Crippen molar-refractivity contribution in [1.29, 1.82) is 0 Å². The van der Waals surface area contributed by atoms with E-state index in [0.29, 0.717) is 11.1 Å². The second-order valence-electron chi connectivity index (χ2n) is 8.41. The molecule has 1 fully saturated rings. The molecule has 0 spiro atoms. The molecule has 3 aromatic carbocycles. The summed E-state index contributed by atoms with van der Waals surface area (Å²) in [5.74, 6) is -1.90. The van der Waals surface area contributed by atoms with Gasteiger partial charge in [0.2, 0.25) is 5.75 Å². The number of urea groups is 1. The Labute approximate surface area is 240 Å². The molecule has 0 aliphatic carbocycles. The Kier molecular flexibility index (Phi) is 8.24. The molecule has 0 bridgehead atoms. The van der Waals surface area contributed by atoms with Gasteiger partial charge in [-0.05, 0) is 60.5 Å². The highest BCUT2D eigenvalue weighted by atomic mass is 79.9. The number of ether oxygens (including phenoxy) is 2. The van der Waals surface area contributed by atoms with E-state index in [9.17, 15) is 34.6 Å². The van der Waals surface area contributed by atoms with Crippen LogP contribution in [0, 0.1) is 20.2 Å². The van der Waals surface area contributed by atoms with Crippen LogP contribution in [-0.4, -0.2) is 34.8 Å². The lowest BCUT2D eigenvalue weighted by Crippen LogP contribution is -2.54. The summed E-state index contributed by atoms with van der Waals surface area (Å²) in [6, 6.07) is 11.3. The Hall–Kier alpha value is -5.37. The SMILES string of the molecule is C=CCc1cc(/C=C2\C(=O)NC(=O)N(c3ccc(Br)cc3)C2=O)cc(OC)c1Oc1ccc([N+](=O)[O-])cc1[N+](=O)[O-]. The van der Waals surface area contributed by atoms with Crippen LogP contribution < -0.4 is 19.7 Å². The maximum absolute atomic E-state index is 13.3. The van der Waals surface area contributed by atoms with E-state index < -0.39 is 39.1 Å². The van der Waals surface area contributed by atoms with E-state index in [-0.39, 0.29) is 34.9 Å². The molecule has 0 radical (unpaired) electrons. The number of halogens is 1. The topological polar surface area (TPSA) is 171 Å². The van der Waals surface area contributed by atoms with E-state index in [1.807, 2.05) is 0 Å². The molecule has 14 heteroatoms. The summed E-state index contributed by atoms with van der Waals surface area (Å²) in [5, 5.41) is 24.8. The van der Waals surface area contributed by atoms with Gasteiger partial charge >= 0.3 is 11.7 Å². The fourth-order valence-electron chi connectivity index (χ4n) is 3.95. The minimum absolute atomic E-state index is 0.0533. The zero-order valence-corrected chi connectivity index (χ0v) is 22.7. The first-order valence-electron chi connectivity index (χ1n) is 11.6. The zero-order chi connectivity index (χ0) is 29.8. The molecule has 0 atom stereocenters. The number of carbonyl (C=O) groups is 3. The van der Waals surface area contributed by atoms with Crippen LogP contribution in [0.4, 0.5) is 21.9 Å². The highest BCUT2D eigenvalue weighted by molar-refractivity contribution is 9.10. The monoisotopic (exact) mass is 622 g/mol. The van der Waals surface area contributed by atoms with Gasteiger partial charge in [-0.1, -0.05) is 22.0 Å². The standard InChI is InChI=1S/C27H19BrN4O9/c1-3-4-16-11-15(12-20-25(33)29-27(35)30(26(20)34)18-7-5-17(28)6-8-18)13-23(40-2)24(16)41-22-10-9-19(31(36)37)14-21(22)32(38)39/h3,5-14H,1,4H2,2H3,(H,29,33,35)/b20-12+. The highest BCUT2D eigenvalue weighted by Gasteiger charge is 2.37. The molecule has 1 N–H and O–H groups in total. The number of nitro groups is 2. The molecule has 0 unspecified atom stereocenters. The first-order chi connectivity index (χ1) is 19.5. The van der Waals surface area contributed by atoms with Crippen molar-refractivity contribution in [2.45, 2.75) is 6.42 Å². The van der Waals surface area contributed by atoms with E-state index in [4.69, 9.17) is 9.47 Å². The number of nitro benzene ring substituents is 2. The fourth-order valence-corrected chi connectivity index (χ4v) is 4.21. The average Bonchev–Trinajstić information content (AvgIpc) is 2.93. The number of amides is 4. The van der Waals surface area contributed by atoms with Crippen molar-refractivity contribution in [2.24, 2.45) is 0 Å². The summed E-state index contributed by atoms with van der Waals surface area (Å²) in [4.78, 5) is 60.4. The first-order valence-corrected chi connectivity index (χ1v) is 12.4. The quantitative estimate of drug-likeness (QED) is 0.107. The van der Waals surface area contributed by atoms with Crippen LogP contribution in [0.2, 0.25) is 0 Å². The number of carbonyl (C=O) groups excluding carboxylic acids is 3. The molecule has 0 aromatic heterocycles. The number of imide groups is 2. The molecule has 3 aromatic rings. The van der Waals surface area contributed by atoms with Crippen molar-refractivity contribution in [2.75, 3.05) is 12.0 Å². The number of non-ortho nitro benzene ring substituents is 1. The number of barbiturate groups is 1. The number of nitrogens with zero attached hydrogens (tertiary/aromatic N) is 3. The molecule has 1 aliphatic rings. The van der Waals surface area contributed by atoms with E-state index >= 15 is 0 Å². The number of rotatable bonds is 9. The van der Waals surface area contributed by atoms with Crippen LogP contribution in [0.5, 0.6) is 17.2 Å². The summed E-state index contributed by atoms with van der Waals surface area (Å²) in [7, 11) is 1.31. The van der Waals surface area contributed by atoms with Gasteiger partial charge in [0.05, 0.1) is 28.7 Å². The van der Waals surface area contributed by atoms with Crippen molar-refractivity contribution >= 4 is 56.9 Å². The van der Waals surface area contributed by atoms with Gasteiger partial charge in [-0.25, -0.2) is 9.69 Å². The number of nitrogens with one attached hydrogen (secondary N) is 1. The summed E-state index contributed by atoms with van der Waals surface area (Å²) < 4.78 is 12.0. The number of allylic oxidation sites excluding steroid dienone is 1. The molecule has 1 heterocycles. The summed E-state index contributed by atoms with van der Waals surface area (Å²) in [6.45, 7) is 3.70. The average molecular weight is 623 g/mol. The molecule has 4 rings (SSSR count). The maximum Gasteiger partial charge on any atom is 0.335 e. The van der Waals surface area contributed by atoms with E-state index in [0.717, 1.165) is 27.6 Å². The van der Waals surface area contributed by atoms with Crippen LogP contribution in [-0.2, 0) is 16.0 Å². The minimum Gasteiger partial charge on any atom is -0.493 e. The highest BCUT2D eigenvalue weighted by Crippen LogP contribution is 2.41. The lowest BCUT2D eigenvalue weighted by molar-refractivity contribution is -0.394. The predicted molar refractivity (Wildman–Crippen MR) is 150 cm³/mol. The van der Waals surface area contributed by atoms with E-state index in [1.165, 1.54) is 37.5 Å². The summed E-state index contributed by atoms with van der Waals surface area (Å²) in [6.07, 6.45) is 2.96. The number of hydrogen-bond acceptors (Lipinski definition) is 9. The number of benzene rings is 3. The first kappa shape index (κ1) is 28.6. The molecule has 4 amide bonds. The molecule has 41 heavy (non-hydrogen) atoms. The fraction of sp³-hybridized carbons (Fsp3) is 0.0741. The van der Waals surface area contributed by atoms with Gasteiger partial charge in [0.1, 0.15) is 5.57 Å². The van der Waals surface area contributed by atoms with Crippen LogP contribution in [0.25, 0.3) is 6.08 Å². The number of methoxy groups -OCH3 is 1. The number of hydrogen-bond donors (Lipinski definition) is 1. The van der Waals surface area contributed by atoms with Crippen molar-refractivity contribution in [3.05, 3.63) is 109 Å². The van der Waals surface area contributed by atoms with Gasteiger partial charge in [0, 0.05) is 16.1 Å². The summed E-state index contributed by atoms with van der Waals surface area (Å²) in [5.41, 5.74) is -0.503. The Morgan fingerprint density at radius 3 is 2.32 bits per heavy atom. The van der Waals surface area contributed by atoms with Gasteiger partial charge < -0.3 is 9.47 Å². The lowest BCUT2D eigenvalue weighted by atomic mass is 10.0. The minimum atomic E-state index is -0.905. The van der Waals surface area contributed by atoms with Gasteiger partial charge in [-0.3, -0.25) is 35.1 Å². The molecular weight excluding hydrogens is 604 g/mol. The van der Waals surface area contributed by atoms with Gasteiger partial charge in [-0.15, -0.1) is 6.58 Å². The largest absolute Gasteiger partial charge is 0.493 e. The van der Waals surface area contributed by atoms with Crippen molar-refractivity contribution in [3.8, 4) is 17.2 Å². The molecule has 1 aliphatic heterocycles. The van der Waals surface area contributed by atoms with Crippen LogP contribution in [0.1, 0.15) is 11.1 Å².